The molecule has 10 heteroatoms. The van der Waals surface area contributed by atoms with Gasteiger partial charge in [0, 0.05) is 44.6 Å². The number of aliphatic hydroxyl groups excluding tert-OH is 1. The van der Waals surface area contributed by atoms with Crippen molar-refractivity contribution < 1.29 is 35.3 Å². The Morgan fingerprint density at radius 3 is 2.54 bits per heavy atom. The van der Waals surface area contributed by atoms with Crippen molar-refractivity contribution in [1.29, 1.82) is 0 Å². The van der Waals surface area contributed by atoms with Crippen LogP contribution in [0.1, 0.15) is 11.7 Å². The quantitative estimate of drug-likeness (QED) is 0.332. The Hall–Kier alpha value is -0.982. The molecule has 4 N–H and O–H groups in total. The summed E-state index contributed by atoms with van der Waals surface area (Å²) >= 11 is 5.76. The molecule has 0 aliphatic carbocycles. The van der Waals surface area contributed by atoms with Crippen LogP contribution in [0.3, 0.4) is 0 Å². The van der Waals surface area contributed by atoms with Crippen molar-refractivity contribution >= 4 is 24.0 Å². The van der Waals surface area contributed by atoms with Crippen LogP contribution in [-0.4, -0.2) is 45.9 Å². The molecule has 1 heterocycles. The molecule has 0 bridgehead atoms. The van der Waals surface area contributed by atoms with Crippen LogP contribution >= 0.6 is 24.0 Å². The van der Waals surface area contributed by atoms with Gasteiger partial charge in [0.1, 0.15) is 18.2 Å². The zero-order chi connectivity index (χ0) is 16.7. The summed E-state index contributed by atoms with van der Waals surface area (Å²) in [7, 11) is 0. The summed E-state index contributed by atoms with van der Waals surface area (Å²) in [6, 6.07) is 7.06. The third kappa shape index (κ3) is 7.33. The molecule has 2 aromatic rings. The number of aromatic nitrogens is 3. The molecule has 0 aliphatic rings. The van der Waals surface area contributed by atoms with Gasteiger partial charge in [0.25, 0.3) is 0 Å². The Morgan fingerprint density at radius 2 is 2.04 bits per heavy atom. The molecule has 0 amide bonds. The Bertz CT molecular complexity index is 652. The summed E-state index contributed by atoms with van der Waals surface area (Å²) in [6.07, 6.45) is 0.456. The van der Waals surface area contributed by atoms with Crippen LogP contribution in [0, 0.1) is 7.43 Å². The van der Waals surface area contributed by atoms with Crippen molar-refractivity contribution in [2.75, 3.05) is 25.6 Å². The second-order valence-electron chi connectivity index (χ2n) is 4.86. The number of aliphatic hydroxyl groups is 1. The molecule has 6 nitrogen and oxygen atoms in total. The van der Waals surface area contributed by atoms with Gasteiger partial charge < -0.3 is 23.0 Å². The minimum Gasteiger partial charge on any atom is -0.489 e. The van der Waals surface area contributed by atoms with Gasteiger partial charge in [-0.05, 0) is 24.3 Å². The van der Waals surface area contributed by atoms with Gasteiger partial charge in [0.05, 0.1) is 18.9 Å². The van der Waals surface area contributed by atoms with Gasteiger partial charge in [-0.3, -0.25) is 5.10 Å². The van der Waals surface area contributed by atoms with Crippen LogP contribution in [0.5, 0.6) is 5.75 Å². The molecule has 26 heavy (non-hydrogen) atoms. The van der Waals surface area contributed by atoms with E-state index in [9.17, 15) is 9.50 Å². The number of nitrogens with one attached hydrogen (secondary N) is 1. The minimum absolute atomic E-state index is 0. The molecule has 1 unspecified atom stereocenters. The zero-order valence-electron chi connectivity index (χ0n) is 14.2. The van der Waals surface area contributed by atoms with E-state index in [1.54, 1.807) is 24.3 Å². The maximum absolute atomic E-state index is 12.4. The summed E-state index contributed by atoms with van der Waals surface area (Å²) in [6.45, 7) is 0.114. The topological polar surface area (TPSA) is 97.0 Å². The van der Waals surface area contributed by atoms with Crippen molar-refractivity contribution in [2.45, 2.75) is 5.92 Å². The van der Waals surface area contributed by atoms with Gasteiger partial charge in [-0.1, -0.05) is 0 Å². The molecule has 1 atom stereocenters. The Balaban J connectivity index is 0. The number of benzene rings is 1. The van der Waals surface area contributed by atoms with E-state index in [2.05, 4.69) is 15.2 Å². The molecule has 0 saturated carbocycles. The Morgan fingerprint density at radius 1 is 1.38 bits per heavy atom. The SMILES string of the molecule is Cl.NC/C(=C\F)COc1ccc(-c2n[nH]c(C(CO)CCl)n2)cc1.[CH3-].[W]. The first-order valence-corrected chi connectivity index (χ1v) is 7.55. The minimum atomic E-state index is -0.275. The smallest absolute Gasteiger partial charge is 0.181 e. The van der Waals surface area contributed by atoms with E-state index >= 15 is 0 Å². The number of nitrogens with zero attached hydrogens (tertiary/aromatic N) is 2. The van der Waals surface area contributed by atoms with E-state index in [4.69, 9.17) is 22.1 Å². The molecule has 1 aromatic carbocycles. The van der Waals surface area contributed by atoms with Crippen LogP contribution in [0.4, 0.5) is 4.39 Å². The fourth-order valence-electron chi connectivity index (χ4n) is 1.81. The van der Waals surface area contributed by atoms with E-state index in [0.717, 1.165) is 5.56 Å². The average molecular weight is 576 g/mol. The third-order valence-corrected chi connectivity index (χ3v) is 3.62. The summed E-state index contributed by atoms with van der Waals surface area (Å²) < 4.78 is 17.8. The van der Waals surface area contributed by atoms with E-state index < -0.39 is 0 Å². The third-order valence-electron chi connectivity index (χ3n) is 3.25. The first-order chi connectivity index (χ1) is 11.2. The Kier molecular flexibility index (Phi) is 14.8. The van der Waals surface area contributed by atoms with E-state index in [-0.39, 0.29) is 72.5 Å². The number of H-pyrrole nitrogens is 1. The van der Waals surface area contributed by atoms with Gasteiger partial charge in [0.15, 0.2) is 5.82 Å². The summed E-state index contributed by atoms with van der Waals surface area (Å²) in [5.41, 5.74) is 6.52. The number of aromatic amines is 1. The molecular weight excluding hydrogens is 554 g/mol. The molecule has 0 spiro atoms. The first kappa shape index (κ1) is 27.2. The van der Waals surface area contributed by atoms with Crippen LogP contribution in [0.25, 0.3) is 11.4 Å². The normalized spacial score (nSPS) is 11.6. The van der Waals surface area contributed by atoms with E-state index in [0.29, 0.717) is 29.3 Å². The molecule has 146 valence electrons. The predicted octanol–water partition coefficient (Wildman–Crippen LogP) is 2.85. The number of hydrogen-bond acceptors (Lipinski definition) is 5. The molecule has 0 fully saturated rings. The standard InChI is InChI=1S/C15H18ClFN4O2.CH3.ClH.W/c16-5-12(8-22)15-19-14(20-21-15)11-1-3-13(4-2-11)23-9-10(6-17)7-18;;;/h1-4,6,12,22H,5,7-9,18H2,(H,19,20,21);1H3;1H;/q;-1;;/b10-6+;;;. The van der Waals surface area contributed by atoms with Gasteiger partial charge in [-0.2, -0.15) is 5.10 Å². The molecule has 0 aliphatic heterocycles. The molecular formula is C16H22Cl2FN4O2W-. The monoisotopic (exact) mass is 575 g/mol. The van der Waals surface area contributed by atoms with E-state index in [1.165, 1.54) is 0 Å². The largest absolute Gasteiger partial charge is 0.489 e. The maximum Gasteiger partial charge on any atom is 0.181 e. The second kappa shape index (κ2) is 14.1. The fraction of sp³-hybridized carbons (Fsp3) is 0.312. The van der Waals surface area contributed by atoms with Crippen molar-refractivity contribution in [1.82, 2.24) is 15.2 Å². The Labute approximate surface area is 178 Å². The zero-order valence-corrected chi connectivity index (χ0v) is 18.7. The average Bonchev–Trinajstić information content (AvgIpc) is 3.07. The number of ether oxygens (including phenoxy) is 1. The molecule has 0 radical (unpaired) electrons. The molecule has 1 aromatic heterocycles. The molecule has 2 rings (SSSR count). The van der Waals surface area contributed by atoms with Crippen LogP contribution < -0.4 is 10.5 Å². The summed E-state index contributed by atoms with van der Waals surface area (Å²) in [5, 5.41) is 16.1. The summed E-state index contributed by atoms with van der Waals surface area (Å²) in [5.74, 6) is 1.61. The predicted molar refractivity (Wildman–Crippen MR) is 99.8 cm³/mol. The van der Waals surface area contributed by atoms with Crippen LogP contribution in [0.15, 0.2) is 36.2 Å². The first-order valence-electron chi connectivity index (χ1n) is 7.02. The maximum atomic E-state index is 12.4. The molecule has 0 saturated heterocycles. The van der Waals surface area contributed by atoms with Crippen molar-refractivity contribution in [3.63, 3.8) is 0 Å². The van der Waals surface area contributed by atoms with Crippen molar-refractivity contribution in [2.24, 2.45) is 5.73 Å². The van der Waals surface area contributed by atoms with Crippen LogP contribution in [0.2, 0.25) is 0 Å². The number of halogens is 3. The van der Waals surface area contributed by atoms with Gasteiger partial charge >= 0.3 is 0 Å². The van der Waals surface area contributed by atoms with Gasteiger partial charge in [-0.25, -0.2) is 9.37 Å². The van der Waals surface area contributed by atoms with E-state index in [1.807, 2.05) is 0 Å². The van der Waals surface area contributed by atoms with Crippen molar-refractivity contribution in [3.05, 3.63) is 49.4 Å². The number of rotatable bonds is 8. The number of hydrogen-bond donors (Lipinski definition) is 3. The van der Waals surface area contributed by atoms with Gasteiger partial charge in [0.2, 0.25) is 0 Å². The van der Waals surface area contributed by atoms with Crippen LogP contribution in [-0.2, 0) is 21.1 Å². The number of nitrogens with two attached hydrogens (primary N) is 1. The van der Waals surface area contributed by atoms with Crippen molar-refractivity contribution in [3.8, 4) is 17.1 Å². The second-order valence-corrected chi connectivity index (χ2v) is 5.17. The fourth-order valence-corrected chi connectivity index (χ4v) is 2.05. The van der Waals surface area contributed by atoms with Gasteiger partial charge in [-0.15, -0.1) is 24.0 Å². The summed E-state index contributed by atoms with van der Waals surface area (Å²) in [4.78, 5) is 4.33. The number of alkyl halides is 1.